The molecular weight excluding hydrogens is 402 g/mol. The molecule has 2 aromatic carbocycles. The van der Waals surface area contributed by atoms with E-state index < -0.39 is 5.56 Å². The van der Waals surface area contributed by atoms with Crippen LogP contribution in [0.3, 0.4) is 0 Å². The molecule has 160 valence electrons. The van der Waals surface area contributed by atoms with E-state index in [1.807, 2.05) is 36.4 Å². The van der Waals surface area contributed by atoms with Crippen LogP contribution in [-0.2, 0) is 0 Å². The summed E-state index contributed by atoms with van der Waals surface area (Å²) in [6, 6.07) is 18.6. The number of rotatable bonds is 5. The molecule has 0 aliphatic heterocycles. The Balaban J connectivity index is 1.62. The summed E-state index contributed by atoms with van der Waals surface area (Å²) in [6.07, 6.45) is 5.15. The van der Waals surface area contributed by atoms with E-state index in [1.165, 1.54) is 10.8 Å². The van der Waals surface area contributed by atoms with Gasteiger partial charge in [0.1, 0.15) is 11.6 Å². The van der Waals surface area contributed by atoms with Gasteiger partial charge in [-0.1, -0.05) is 31.0 Å². The van der Waals surface area contributed by atoms with Crippen LogP contribution < -0.4 is 5.56 Å². The van der Waals surface area contributed by atoms with Gasteiger partial charge in [0.15, 0.2) is 0 Å². The first-order chi connectivity index (χ1) is 15.6. The van der Waals surface area contributed by atoms with E-state index in [2.05, 4.69) is 15.2 Å². The molecule has 0 bridgehead atoms. The molecule has 0 unspecified atom stereocenters. The zero-order chi connectivity index (χ0) is 22.5. The summed E-state index contributed by atoms with van der Waals surface area (Å²) in [5.41, 5.74) is 2.55. The molecule has 0 amide bonds. The van der Waals surface area contributed by atoms with Crippen LogP contribution in [0.1, 0.15) is 48.4 Å². The Hall–Kier alpha value is -4.05. The largest absolute Gasteiger partial charge is 0.494 e. The van der Waals surface area contributed by atoms with Gasteiger partial charge in [-0.15, -0.1) is 0 Å². The normalized spacial score (nSPS) is 14.4. The third-order valence-corrected chi connectivity index (χ3v) is 5.71. The number of azo groups is 1. The van der Waals surface area contributed by atoms with Crippen LogP contribution >= 0.6 is 0 Å². The smallest absolute Gasteiger partial charge is 0.271 e. The highest BCUT2D eigenvalue weighted by molar-refractivity contribution is 5.87. The standard InChI is InChI=1S/C25H23N5O2/c1-17-22(15-26)24(31)30(21-9-5-6-10-21)25(32)23(17)16-27-18-11-13-20(14-12-18)29-28-19-7-3-2-4-8-19/h2-4,7-8,11-14,16,21,32H,5-6,9-10H2,1H3. The van der Waals surface area contributed by atoms with Crippen molar-refractivity contribution in [3.05, 3.63) is 81.6 Å². The van der Waals surface area contributed by atoms with Gasteiger partial charge in [0.25, 0.3) is 5.56 Å². The van der Waals surface area contributed by atoms with Gasteiger partial charge >= 0.3 is 0 Å². The van der Waals surface area contributed by atoms with Crippen molar-refractivity contribution in [1.29, 1.82) is 5.26 Å². The monoisotopic (exact) mass is 425 g/mol. The maximum atomic E-state index is 12.8. The number of hydrogen-bond acceptors (Lipinski definition) is 6. The van der Waals surface area contributed by atoms with Crippen LogP contribution in [0.15, 0.2) is 74.6 Å². The number of nitrogens with zero attached hydrogens (tertiary/aromatic N) is 5. The van der Waals surface area contributed by atoms with Crippen LogP contribution in [0, 0.1) is 18.3 Å². The number of aliphatic imine (C=N–C) groups is 1. The second kappa shape index (κ2) is 9.40. The van der Waals surface area contributed by atoms with Crippen molar-refractivity contribution in [3.63, 3.8) is 0 Å². The van der Waals surface area contributed by atoms with Gasteiger partial charge in [0.05, 0.1) is 22.6 Å². The Bertz CT molecular complexity index is 1260. The molecule has 0 spiro atoms. The van der Waals surface area contributed by atoms with Crippen molar-refractivity contribution in [3.8, 4) is 11.9 Å². The minimum Gasteiger partial charge on any atom is -0.494 e. The molecule has 4 rings (SSSR count). The molecule has 0 atom stereocenters. The Morgan fingerprint density at radius 3 is 2.22 bits per heavy atom. The molecule has 1 aliphatic rings. The average molecular weight is 425 g/mol. The van der Waals surface area contributed by atoms with E-state index in [0.717, 1.165) is 31.4 Å². The number of benzene rings is 2. The van der Waals surface area contributed by atoms with Crippen LogP contribution in [0.4, 0.5) is 17.1 Å². The van der Waals surface area contributed by atoms with E-state index in [4.69, 9.17) is 0 Å². The minimum absolute atomic E-state index is 0.0489. The van der Waals surface area contributed by atoms with Crippen LogP contribution in [0.2, 0.25) is 0 Å². The quantitative estimate of drug-likeness (QED) is 0.399. The Kier molecular flexibility index (Phi) is 6.22. The summed E-state index contributed by atoms with van der Waals surface area (Å²) in [5, 5.41) is 28.8. The first-order valence-electron chi connectivity index (χ1n) is 10.6. The van der Waals surface area contributed by atoms with Crippen molar-refractivity contribution in [2.75, 3.05) is 0 Å². The van der Waals surface area contributed by atoms with Crippen molar-refractivity contribution >= 4 is 23.3 Å². The van der Waals surface area contributed by atoms with Crippen molar-refractivity contribution in [2.24, 2.45) is 15.2 Å². The number of aromatic hydroxyl groups is 1. The van der Waals surface area contributed by atoms with E-state index in [-0.39, 0.29) is 17.5 Å². The van der Waals surface area contributed by atoms with Gasteiger partial charge in [-0.2, -0.15) is 15.5 Å². The second-order valence-corrected chi connectivity index (χ2v) is 7.77. The van der Waals surface area contributed by atoms with Gasteiger partial charge in [0.2, 0.25) is 5.88 Å². The summed E-state index contributed by atoms with van der Waals surface area (Å²) in [4.78, 5) is 17.2. The van der Waals surface area contributed by atoms with E-state index in [9.17, 15) is 15.2 Å². The molecule has 1 heterocycles. The SMILES string of the molecule is Cc1c(C=Nc2ccc(N=Nc3ccccc3)cc2)c(O)n(C2CCCC2)c(=O)c1C#N. The van der Waals surface area contributed by atoms with Gasteiger partial charge < -0.3 is 5.11 Å². The molecule has 0 saturated heterocycles. The van der Waals surface area contributed by atoms with Crippen molar-refractivity contribution in [2.45, 2.75) is 38.6 Å². The van der Waals surface area contributed by atoms with Gasteiger partial charge in [-0.25, -0.2) is 0 Å². The fourth-order valence-electron chi connectivity index (χ4n) is 3.95. The van der Waals surface area contributed by atoms with Crippen molar-refractivity contribution in [1.82, 2.24) is 4.57 Å². The third-order valence-electron chi connectivity index (χ3n) is 5.71. The predicted molar refractivity (Wildman–Crippen MR) is 124 cm³/mol. The van der Waals surface area contributed by atoms with Gasteiger partial charge in [-0.05, 0) is 61.7 Å². The lowest BCUT2D eigenvalue weighted by Crippen LogP contribution is -2.28. The minimum atomic E-state index is -0.431. The third kappa shape index (κ3) is 4.35. The molecule has 1 aromatic heterocycles. The van der Waals surface area contributed by atoms with E-state index >= 15 is 0 Å². The molecule has 1 fully saturated rings. The topological polar surface area (TPSA) is 103 Å². The molecule has 1 aliphatic carbocycles. The maximum absolute atomic E-state index is 12.8. The fraction of sp³-hybridized carbons (Fsp3) is 0.240. The number of aromatic nitrogens is 1. The molecular formula is C25H23N5O2. The van der Waals surface area contributed by atoms with Crippen LogP contribution in [0.25, 0.3) is 0 Å². The van der Waals surface area contributed by atoms with Crippen molar-refractivity contribution < 1.29 is 5.11 Å². The fourth-order valence-corrected chi connectivity index (χ4v) is 3.95. The lowest BCUT2D eigenvalue weighted by atomic mass is 10.0. The average Bonchev–Trinajstić information content (AvgIpc) is 3.34. The molecule has 0 radical (unpaired) electrons. The molecule has 3 aromatic rings. The molecule has 7 nitrogen and oxygen atoms in total. The first kappa shape index (κ1) is 21.2. The zero-order valence-corrected chi connectivity index (χ0v) is 17.8. The Morgan fingerprint density at radius 2 is 1.59 bits per heavy atom. The van der Waals surface area contributed by atoms with Gasteiger partial charge in [-0.3, -0.25) is 14.4 Å². The number of pyridine rings is 1. The highest BCUT2D eigenvalue weighted by atomic mass is 16.3. The first-order valence-corrected chi connectivity index (χ1v) is 10.6. The maximum Gasteiger partial charge on any atom is 0.271 e. The van der Waals surface area contributed by atoms with Gasteiger partial charge in [0, 0.05) is 12.3 Å². The summed E-state index contributed by atoms with van der Waals surface area (Å²) in [5.74, 6) is -0.129. The Labute approximate surface area is 186 Å². The second-order valence-electron chi connectivity index (χ2n) is 7.77. The Morgan fingerprint density at radius 1 is 1.00 bits per heavy atom. The summed E-state index contributed by atoms with van der Waals surface area (Å²) < 4.78 is 1.37. The van der Waals surface area contributed by atoms with Crippen LogP contribution in [0.5, 0.6) is 5.88 Å². The summed E-state index contributed by atoms with van der Waals surface area (Å²) >= 11 is 0. The zero-order valence-electron chi connectivity index (χ0n) is 17.8. The van der Waals surface area contributed by atoms with E-state index in [1.54, 1.807) is 31.2 Å². The van der Waals surface area contributed by atoms with E-state index in [0.29, 0.717) is 22.5 Å². The molecule has 7 heteroatoms. The lowest BCUT2D eigenvalue weighted by Gasteiger charge is -2.19. The highest BCUT2D eigenvalue weighted by Crippen LogP contribution is 2.33. The lowest BCUT2D eigenvalue weighted by molar-refractivity contribution is 0.368. The highest BCUT2D eigenvalue weighted by Gasteiger charge is 2.25. The predicted octanol–water partition coefficient (Wildman–Crippen LogP) is 6.02. The summed E-state index contributed by atoms with van der Waals surface area (Å²) in [6.45, 7) is 1.66. The number of hydrogen-bond donors (Lipinski definition) is 1. The molecule has 1 N–H and O–H groups in total. The van der Waals surface area contributed by atoms with Crippen LogP contribution in [-0.4, -0.2) is 15.9 Å². The molecule has 1 saturated carbocycles. The molecule has 32 heavy (non-hydrogen) atoms. The number of nitriles is 1. The summed E-state index contributed by atoms with van der Waals surface area (Å²) in [7, 11) is 0.